The lowest BCUT2D eigenvalue weighted by Gasteiger charge is -2.41. The summed E-state index contributed by atoms with van der Waals surface area (Å²) in [4.78, 5) is 71.1. The van der Waals surface area contributed by atoms with E-state index in [0.29, 0.717) is 12.8 Å². The van der Waals surface area contributed by atoms with E-state index in [2.05, 4.69) is 16.0 Å². The van der Waals surface area contributed by atoms with E-state index in [1.807, 2.05) is 41.5 Å². The van der Waals surface area contributed by atoms with Crippen molar-refractivity contribution in [1.29, 1.82) is 0 Å². The number of methoxy groups -OCH3 is 4. The van der Waals surface area contributed by atoms with Crippen LogP contribution in [0.4, 0.5) is 4.39 Å². The van der Waals surface area contributed by atoms with Crippen LogP contribution in [-0.2, 0) is 33.4 Å². The smallest absolute Gasteiger partial charge is 0.245 e. The second kappa shape index (κ2) is 22.2. The molecule has 0 saturated carbocycles. The van der Waals surface area contributed by atoms with E-state index in [0.717, 1.165) is 6.07 Å². The van der Waals surface area contributed by atoms with Crippen LogP contribution < -0.4 is 20.7 Å². The summed E-state index contributed by atoms with van der Waals surface area (Å²) in [6.07, 6.45) is -0.834. The minimum Gasteiger partial charge on any atom is -0.497 e. The Morgan fingerprint density at radius 1 is 0.945 bits per heavy atom. The highest BCUT2D eigenvalue weighted by atomic mass is 19.1. The number of likely N-dealkylation sites (tertiary alicyclic amines) is 1. The Hall–Kier alpha value is -3.66. The molecule has 1 unspecified atom stereocenters. The zero-order valence-electron chi connectivity index (χ0n) is 35.1. The number of amides is 4. The lowest BCUT2D eigenvalue weighted by molar-refractivity contribution is -0.147. The van der Waals surface area contributed by atoms with Crippen LogP contribution in [0.3, 0.4) is 0 Å². The van der Waals surface area contributed by atoms with Gasteiger partial charge < -0.3 is 44.7 Å². The summed E-state index contributed by atoms with van der Waals surface area (Å²) in [5, 5.41) is 8.59. The Bertz CT molecular complexity index is 1450. The summed E-state index contributed by atoms with van der Waals surface area (Å²) < 4.78 is 37.0. The minimum atomic E-state index is -0.814. The van der Waals surface area contributed by atoms with E-state index in [1.54, 1.807) is 37.9 Å². The van der Waals surface area contributed by atoms with Crippen molar-refractivity contribution in [3.05, 3.63) is 29.6 Å². The van der Waals surface area contributed by atoms with Crippen molar-refractivity contribution in [2.75, 3.05) is 55.6 Å². The van der Waals surface area contributed by atoms with Gasteiger partial charge in [-0.2, -0.15) is 0 Å². The molecule has 1 aliphatic heterocycles. The molecule has 1 aromatic carbocycles. The Balaban J connectivity index is 2.30. The first-order chi connectivity index (χ1) is 25.9. The lowest BCUT2D eigenvalue weighted by Crippen LogP contribution is -2.59. The van der Waals surface area contributed by atoms with Gasteiger partial charge in [0.15, 0.2) is 5.78 Å². The number of ketones is 1. The van der Waals surface area contributed by atoms with Crippen LogP contribution >= 0.6 is 0 Å². The third-order valence-corrected chi connectivity index (χ3v) is 11.0. The molecule has 3 N–H and O–H groups in total. The SMILES string of the molecule is CC[C@H](C)C([C@@H](CC(=O)N1C[C@H](OC)C[C@H]1[C@H](OC)[C@@H](C)C(=O)NCC(=O)c1ccc(OC)cc1F)OC)N(C)C(=O)[C@@H](NC(=O)[C@@H](NC)C(C)C)C(C)C. The van der Waals surface area contributed by atoms with Crippen LogP contribution in [0.1, 0.15) is 78.1 Å². The third-order valence-electron chi connectivity index (χ3n) is 11.0. The number of benzene rings is 1. The molecule has 15 heteroatoms. The number of hydrogen-bond donors (Lipinski definition) is 3. The van der Waals surface area contributed by atoms with Crippen molar-refractivity contribution >= 4 is 29.4 Å². The van der Waals surface area contributed by atoms with Gasteiger partial charge in [-0.3, -0.25) is 24.0 Å². The Morgan fingerprint density at radius 3 is 2.07 bits per heavy atom. The van der Waals surface area contributed by atoms with Crippen LogP contribution in [0.2, 0.25) is 0 Å². The molecule has 1 aromatic rings. The molecular weight excluding hydrogens is 713 g/mol. The van der Waals surface area contributed by atoms with Gasteiger partial charge in [0, 0.05) is 41.0 Å². The van der Waals surface area contributed by atoms with E-state index >= 15 is 0 Å². The van der Waals surface area contributed by atoms with Crippen molar-refractivity contribution in [3.63, 3.8) is 0 Å². The van der Waals surface area contributed by atoms with Crippen molar-refractivity contribution in [3.8, 4) is 5.75 Å². The number of carbonyl (C=O) groups excluding carboxylic acids is 5. The first-order valence-electron chi connectivity index (χ1n) is 19.2. The Morgan fingerprint density at radius 2 is 1.58 bits per heavy atom. The second-order valence-electron chi connectivity index (χ2n) is 15.2. The van der Waals surface area contributed by atoms with Gasteiger partial charge in [-0.1, -0.05) is 54.9 Å². The highest BCUT2D eigenvalue weighted by Gasteiger charge is 2.45. The summed E-state index contributed by atoms with van der Waals surface area (Å²) in [6, 6.07) is 1.49. The zero-order chi connectivity index (χ0) is 41.7. The van der Waals surface area contributed by atoms with Crippen LogP contribution in [0.25, 0.3) is 0 Å². The van der Waals surface area contributed by atoms with Gasteiger partial charge in [0.05, 0.1) is 68.0 Å². The molecule has 0 radical (unpaired) electrons. The van der Waals surface area contributed by atoms with Crippen LogP contribution in [0.15, 0.2) is 18.2 Å². The normalized spacial score (nSPS) is 19.6. The fourth-order valence-electron chi connectivity index (χ4n) is 7.47. The van der Waals surface area contributed by atoms with Gasteiger partial charge in [0.1, 0.15) is 17.6 Å². The predicted octanol–water partition coefficient (Wildman–Crippen LogP) is 3.06. The standard InChI is InChI=1S/C40H66FN5O9/c1-14-24(6)36(45(9)40(51)35(23(4)5)44-39(50)34(42-8)22(2)3)32(54-12)19-33(48)46-21-27(53-11)18-30(46)37(55-13)25(7)38(49)43-20-31(47)28-16-15-26(52-10)17-29(28)41/h15-17,22-25,27,30,32,34-37,42H,14,18-21H2,1-13H3,(H,43,49)(H,44,50)/t24-,25+,27+,30-,32+,34-,35-,36?,37+/m0/s1. The van der Waals surface area contributed by atoms with E-state index in [4.69, 9.17) is 18.9 Å². The predicted molar refractivity (Wildman–Crippen MR) is 207 cm³/mol. The number of nitrogens with zero attached hydrogens (tertiary/aromatic N) is 2. The maximum Gasteiger partial charge on any atom is 0.245 e. The molecule has 1 fully saturated rings. The molecule has 0 spiro atoms. The van der Waals surface area contributed by atoms with Crippen LogP contribution in [-0.4, -0.2) is 137 Å². The number of rotatable bonds is 22. The van der Waals surface area contributed by atoms with Crippen molar-refractivity contribution in [2.45, 2.75) is 110 Å². The van der Waals surface area contributed by atoms with Crippen LogP contribution in [0, 0.1) is 29.5 Å². The molecule has 0 bridgehead atoms. The molecule has 55 heavy (non-hydrogen) atoms. The molecule has 14 nitrogen and oxygen atoms in total. The molecule has 1 heterocycles. The molecule has 1 aliphatic rings. The van der Waals surface area contributed by atoms with Gasteiger partial charge in [0.2, 0.25) is 23.6 Å². The van der Waals surface area contributed by atoms with Crippen molar-refractivity contribution in [1.82, 2.24) is 25.8 Å². The first-order valence-corrected chi connectivity index (χ1v) is 19.2. The average Bonchev–Trinajstić information content (AvgIpc) is 3.59. The topological polar surface area (TPSA) is 165 Å². The maximum absolute atomic E-state index is 14.5. The number of carbonyl (C=O) groups is 5. The van der Waals surface area contributed by atoms with E-state index in [9.17, 15) is 28.4 Å². The fourth-order valence-corrected chi connectivity index (χ4v) is 7.47. The molecule has 2 rings (SSSR count). The summed E-state index contributed by atoms with van der Waals surface area (Å²) in [5.74, 6) is -3.55. The number of halogens is 1. The quantitative estimate of drug-likeness (QED) is 0.149. The molecule has 4 amide bonds. The molecule has 0 aromatic heterocycles. The number of Topliss-reactive ketones (excluding diaryl/α,β-unsaturated/α-hetero) is 1. The second-order valence-corrected chi connectivity index (χ2v) is 15.2. The van der Waals surface area contributed by atoms with Crippen molar-refractivity contribution < 1.29 is 47.3 Å². The molecular formula is C40H66FN5O9. The van der Waals surface area contributed by atoms with Gasteiger partial charge in [-0.15, -0.1) is 0 Å². The van der Waals surface area contributed by atoms with Gasteiger partial charge in [-0.25, -0.2) is 4.39 Å². The molecule has 0 aliphatic carbocycles. The largest absolute Gasteiger partial charge is 0.497 e. The van der Waals surface area contributed by atoms with Gasteiger partial charge in [-0.05, 0) is 43.4 Å². The maximum atomic E-state index is 14.5. The van der Waals surface area contributed by atoms with E-state index in [-0.39, 0.29) is 65.9 Å². The number of nitrogens with one attached hydrogen (secondary N) is 3. The third kappa shape index (κ3) is 12.2. The van der Waals surface area contributed by atoms with E-state index < -0.39 is 66.3 Å². The fraction of sp³-hybridized carbons (Fsp3) is 0.725. The van der Waals surface area contributed by atoms with Gasteiger partial charge >= 0.3 is 0 Å². The number of hydrogen-bond acceptors (Lipinski definition) is 10. The van der Waals surface area contributed by atoms with Crippen LogP contribution in [0.5, 0.6) is 5.75 Å². The lowest BCUT2D eigenvalue weighted by atomic mass is 9.89. The number of ether oxygens (including phenoxy) is 4. The molecule has 1 saturated heterocycles. The molecule has 9 atom stereocenters. The average molecular weight is 780 g/mol. The van der Waals surface area contributed by atoms with Gasteiger partial charge in [0.25, 0.3) is 0 Å². The first kappa shape index (κ1) is 47.5. The zero-order valence-corrected chi connectivity index (χ0v) is 35.1. The summed E-state index contributed by atoms with van der Waals surface area (Å²) >= 11 is 0. The highest BCUT2D eigenvalue weighted by molar-refractivity contribution is 6.00. The van der Waals surface area contributed by atoms with Crippen molar-refractivity contribution in [2.24, 2.45) is 23.7 Å². The minimum absolute atomic E-state index is 0.00447. The summed E-state index contributed by atoms with van der Waals surface area (Å²) in [7, 11) is 9.30. The Labute approximate surface area is 326 Å². The monoisotopic (exact) mass is 779 g/mol. The summed E-state index contributed by atoms with van der Waals surface area (Å²) in [5.41, 5.74) is -0.179. The Kier molecular flexibility index (Phi) is 19.1. The highest BCUT2D eigenvalue weighted by Crippen LogP contribution is 2.31. The summed E-state index contributed by atoms with van der Waals surface area (Å²) in [6.45, 7) is 13.1. The molecule has 312 valence electrons. The van der Waals surface area contributed by atoms with E-state index in [1.165, 1.54) is 33.5 Å². The number of likely N-dealkylation sites (N-methyl/N-ethyl adjacent to an activating group) is 2.